The highest BCUT2D eigenvalue weighted by Crippen LogP contribution is 2.08. The Labute approximate surface area is 136 Å². The summed E-state index contributed by atoms with van der Waals surface area (Å²) in [5, 5.41) is 3.02. The third-order valence-electron chi connectivity index (χ3n) is 3.45. The van der Waals surface area contributed by atoms with Gasteiger partial charge in [0.25, 0.3) is 0 Å². The van der Waals surface area contributed by atoms with E-state index < -0.39 is 10.0 Å². The second-order valence-electron chi connectivity index (χ2n) is 5.39. The van der Waals surface area contributed by atoms with Crippen LogP contribution in [0, 0.1) is 12.7 Å². The lowest BCUT2D eigenvalue weighted by molar-refractivity contribution is 0.575. The Bertz CT molecular complexity index is 734. The first-order valence-electron chi connectivity index (χ1n) is 7.43. The zero-order chi connectivity index (χ0) is 16.7. The maximum absolute atomic E-state index is 13.4. The summed E-state index contributed by atoms with van der Waals surface area (Å²) in [5.74, 6) is -0.268. The van der Waals surface area contributed by atoms with Crippen molar-refractivity contribution >= 4 is 10.0 Å². The smallest absolute Gasteiger partial charge is 0.213 e. The van der Waals surface area contributed by atoms with Crippen LogP contribution in [0.5, 0.6) is 0 Å². The van der Waals surface area contributed by atoms with Crippen molar-refractivity contribution in [3.63, 3.8) is 0 Å². The molecule has 0 atom stereocenters. The molecule has 2 N–H and O–H groups in total. The molecule has 0 aliphatic carbocycles. The van der Waals surface area contributed by atoms with Crippen molar-refractivity contribution in [3.05, 3.63) is 71.0 Å². The van der Waals surface area contributed by atoms with E-state index >= 15 is 0 Å². The van der Waals surface area contributed by atoms with Gasteiger partial charge in [0.2, 0.25) is 10.0 Å². The molecule has 0 spiro atoms. The normalized spacial score (nSPS) is 11.6. The molecule has 0 aliphatic rings. The fourth-order valence-electron chi connectivity index (χ4n) is 2.05. The third-order valence-corrected chi connectivity index (χ3v) is 4.78. The minimum Gasteiger partial charge on any atom is -0.312 e. The summed E-state index contributed by atoms with van der Waals surface area (Å²) in [7, 11) is -3.34. The van der Waals surface area contributed by atoms with Crippen LogP contribution < -0.4 is 10.0 Å². The van der Waals surface area contributed by atoms with E-state index in [1.807, 2.05) is 36.4 Å². The molecule has 4 nitrogen and oxygen atoms in total. The Morgan fingerprint density at radius 2 is 1.74 bits per heavy atom. The molecule has 0 amide bonds. The van der Waals surface area contributed by atoms with E-state index in [1.54, 1.807) is 13.0 Å². The zero-order valence-electron chi connectivity index (χ0n) is 13.0. The molecule has 0 saturated carbocycles. The van der Waals surface area contributed by atoms with E-state index in [4.69, 9.17) is 0 Å². The number of benzene rings is 2. The highest BCUT2D eigenvalue weighted by Gasteiger charge is 2.09. The second kappa shape index (κ2) is 8.19. The van der Waals surface area contributed by atoms with Crippen LogP contribution in [0.2, 0.25) is 0 Å². The van der Waals surface area contributed by atoms with Crippen LogP contribution in [0.25, 0.3) is 0 Å². The van der Waals surface area contributed by atoms with Gasteiger partial charge in [-0.05, 0) is 29.7 Å². The van der Waals surface area contributed by atoms with E-state index in [0.29, 0.717) is 18.7 Å². The van der Waals surface area contributed by atoms with Gasteiger partial charge in [0.05, 0.1) is 5.75 Å². The molecule has 2 aromatic carbocycles. The lowest BCUT2D eigenvalue weighted by Crippen LogP contribution is -2.31. The lowest BCUT2D eigenvalue weighted by Gasteiger charge is -2.08. The van der Waals surface area contributed by atoms with Crippen molar-refractivity contribution in [2.45, 2.75) is 20.0 Å². The minimum absolute atomic E-state index is 0.0197. The number of rotatable bonds is 8. The Morgan fingerprint density at radius 3 is 2.43 bits per heavy atom. The van der Waals surface area contributed by atoms with Gasteiger partial charge in [0.1, 0.15) is 5.82 Å². The Morgan fingerprint density at radius 1 is 1.00 bits per heavy atom. The highest BCUT2D eigenvalue weighted by atomic mass is 32.2. The summed E-state index contributed by atoms with van der Waals surface area (Å²) < 4.78 is 39.8. The molecule has 124 valence electrons. The van der Waals surface area contributed by atoms with Gasteiger partial charge in [-0.15, -0.1) is 0 Å². The van der Waals surface area contributed by atoms with Gasteiger partial charge < -0.3 is 5.32 Å². The van der Waals surface area contributed by atoms with Gasteiger partial charge in [-0.25, -0.2) is 17.5 Å². The zero-order valence-corrected chi connectivity index (χ0v) is 13.9. The predicted molar refractivity (Wildman–Crippen MR) is 89.9 cm³/mol. The summed E-state index contributed by atoms with van der Waals surface area (Å²) in [5.41, 5.74) is 2.31. The van der Waals surface area contributed by atoms with Gasteiger partial charge in [0.15, 0.2) is 0 Å². The molecule has 0 aliphatic heterocycles. The fraction of sp³-hybridized carbons (Fsp3) is 0.294. The molecule has 0 fully saturated rings. The number of hydrogen-bond donors (Lipinski definition) is 2. The molecule has 23 heavy (non-hydrogen) atoms. The fourth-order valence-corrected chi connectivity index (χ4v) is 2.99. The van der Waals surface area contributed by atoms with Crippen molar-refractivity contribution in [3.8, 4) is 0 Å². The van der Waals surface area contributed by atoms with Gasteiger partial charge in [-0.3, -0.25) is 0 Å². The Kier molecular flexibility index (Phi) is 6.27. The highest BCUT2D eigenvalue weighted by molar-refractivity contribution is 7.89. The maximum atomic E-state index is 13.4. The van der Waals surface area contributed by atoms with Crippen LogP contribution in [0.15, 0.2) is 48.5 Å². The summed E-state index contributed by atoms with van der Waals surface area (Å²) in [4.78, 5) is 0. The predicted octanol–water partition coefficient (Wildman–Crippen LogP) is 2.34. The molecule has 0 bridgehead atoms. The third kappa shape index (κ3) is 6.09. The van der Waals surface area contributed by atoms with Gasteiger partial charge >= 0.3 is 0 Å². The average Bonchev–Trinajstić information content (AvgIpc) is 2.54. The topological polar surface area (TPSA) is 58.2 Å². The van der Waals surface area contributed by atoms with Crippen LogP contribution in [0.4, 0.5) is 4.39 Å². The monoisotopic (exact) mass is 336 g/mol. The molecule has 0 saturated heterocycles. The first-order valence-corrected chi connectivity index (χ1v) is 9.08. The Balaban J connectivity index is 1.73. The molecule has 0 radical (unpaired) electrons. The van der Waals surface area contributed by atoms with Crippen LogP contribution >= 0.6 is 0 Å². The van der Waals surface area contributed by atoms with Crippen LogP contribution in [0.1, 0.15) is 16.7 Å². The number of sulfonamides is 1. The van der Waals surface area contributed by atoms with Gasteiger partial charge in [-0.2, -0.15) is 0 Å². The summed E-state index contributed by atoms with van der Waals surface area (Å²) in [6, 6.07) is 14.4. The first kappa shape index (κ1) is 17.6. The summed E-state index contributed by atoms with van der Waals surface area (Å²) in [6.45, 7) is 2.73. The van der Waals surface area contributed by atoms with Crippen molar-refractivity contribution in [2.24, 2.45) is 0 Å². The van der Waals surface area contributed by atoms with E-state index in [0.717, 1.165) is 11.1 Å². The second-order valence-corrected chi connectivity index (χ2v) is 7.31. The van der Waals surface area contributed by atoms with Crippen LogP contribution in [-0.4, -0.2) is 20.7 Å². The average molecular weight is 336 g/mol. The number of nitrogens with one attached hydrogen (secondary N) is 2. The quantitative estimate of drug-likeness (QED) is 0.728. The molecule has 2 aromatic rings. The molecular weight excluding hydrogens is 315 g/mol. The van der Waals surface area contributed by atoms with E-state index in [1.165, 1.54) is 6.07 Å². The van der Waals surface area contributed by atoms with Crippen molar-refractivity contribution < 1.29 is 12.8 Å². The molecule has 0 aromatic heterocycles. The molecular formula is C17H21FN2O2S. The molecule has 0 unspecified atom stereocenters. The number of aryl methyl sites for hydroxylation is 1. The van der Waals surface area contributed by atoms with Gasteiger partial charge in [-0.1, -0.05) is 42.5 Å². The van der Waals surface area contributed by atoms with Crippen molar-refractivity contribution in [1.82, 2.24) is 10.0 Å². The number of halogens is 1. The lowest BCUT2D eigenvalue weighted by atomic mass is 10.1. The van der Waals surface area contributed by atoms with Gasteiger partial charge in [0, 0.05) is 19.6 Å². The van der Waals surface area contributed by atoms with Crippen molar-refractivity contribution in [2.75, 3.05) is 12.3 Å². The number of hydrogen-bond acceptors (Lipinski definition) is 3. The van der Waals surface area contributed by atoms with E-state index in [-0.39, 0.29) is 18.1 Å². The molecule has 2 rings (SSSR count). The van der Waals surface area contributed by atoms with E-state index in [9.17, 15) is 12.8 Å². The molecule has 0 heterocycles. The van der Waals surface area contributed by atoms with E-state index in [2.05, 4.69) is 10.0 Å². The summed E-state index contributed by atoms with van der Waals surface area (Å²) in [6.07, 6.45) is 0. The maximum Gasteiger partial charge on any atom is 0.213 e. The first-order chi connectivity index (χ1) is 11.0. The summed E-state index contributed by atoms with van der Waals surface area (Å²) >= 11 is 0. The van der Waals surface area contributed by atoms with Crippen LogP contribution in [0.3, 0.4) is 0 Å². The van der Waals surface area contributed by atoms with Crippen LogP contribution in [-0.2, 0) is 23.1 Å². The standard InChI is InChI=1S/C17H21FN2O2S/c1-14-7-8-16(11-17(14)18)12-19-9-10-23(21,22)20-13-15-5-3-2-4-6-15/h2-8,11,19-20H,9-10,12-13H2,1H3. The minimum atomic E-state index is -3.34. The Hall–Kier alpha value is -1.76. The largest absolute Gasteiger partial charge is 0.312 e. The van der Waals surface area contributed by atoms with Crippen molar-refractivity contribution in [1.29, 1.82) is 0 Å². The molecule has 6 heteroatoms. The SMILES string of the molecule is Cc1ccc(CNCCS(=O)(=O)NCc2ccccc2)cc1F.